The lowest BCUT2D eigenvalue weighted by molar-refractivity contribution is -0.139. The van der Waals surface area contributed by atoms with Gasteiger partial charge in [-0.2, -0.15) is 0 Å². The van der Waals surface area contributed by atoms with Gasteiger partial charge in [0.15, 0.2) is 11.5 Å². The van der Waals surface area contributed by atoms with Gasteiger partial charge in [-0.05, 0) is 60.2 Å². The van der Waals surface area contributed by atoms with Crippen LogP contribution in [-0.4, -0.2) is 61.2 Å². The quantitative estimate of drug-likeness (QED) is 0.202. The number of carbonyl (C=O) groups excluding carboxylic acids is 2. The van der Waals surface area contributed by atoms with E-state index in [-0.39, 0.29) is 24.1 Å². The molecule has 0 aliphatic carbocycles. The maximum Gasteiger partial charge on any atom is 0.242 e. The minimum Gasteiger partial charge on any atom is -0.493 e. The van der Waals surface area contributed by atoms with Crippen LogP contribution in [0.25, 0.3) is 0 Å². The van der Waals surface area contributed by atoms with Crippen LogP contribution < -0.4 is 9.47 Å². The van der Waals surface area contributed by atoms with Crippen molar-refractivity contribution in [2.75, 3.05) is 39.6 Å². The molecule has 37 heavy (non-hydrogen) atoms. The number of aryl methyl sites for hydroxylation is 1. The molecule has 196 valence electrons. The van der Waals surface area contributed by atoms with Crippen LogP contribution in [0.15, 0.2) is 77.5 Å². The van der Waals surface area contributed by atoms with E-state index in [1.807, 2.05) is 58.8 Å². The maximum atomic E-state index is 13.5. The van der Waals surface area contributed by atoms with E-state index in [0.717, 1.165) is 20.9 Å². The first kappa shape index (κ1) is 28.3. The first-order valence-corrected chi connectivity index (χ1v) is 13.9. The molecule has 6 nitrogen and oxygen atoms in total. The van der Waals surface area contributed by atoms with Crippen LogP contribution in [0.3, 0.4) is 0 Å². The highest BCUT2D eigenvalue weighted by Crippen LogP contribution is 2.28. The van der Waals surface area contributed by atoms with Crippen molar-refractivity contribution < 1.29 is 19.1 Å². The Morgan fingerprint density at radius 1 is 1.00 bits per heavy atom. The third kappa shape index (κ3) is 8.40. The zero-order chi connectivity index (χ0) is 26.6. The molecule has 0 aliphatic heterocycles. The SMILES string of the molecule is C=CCN(CC(=O)N(CCc1ccc(OC)c(OC)c1)Cc1sccc1C)C(=O)CSc1ccccc1. The second-order valence-corrected chi connectivity index (χ2v) is 10.5. The number of ether oxygens (including phenoxy) is 2. The van der Waals surface area contributed by atoms with Crippen molar-refractivity contribution in [3.05, 3.63) is 88.6 Å². The van der Waals surface area contributed by atoms with Crippen LogP contribution in [0.4, 0.5) is 0 Å². The molecule has 0 saturated heterocycles. The van der Waals surface area contributed by atoms with Crippen LogP contribution in [0, 0.1) is 6.92 Å². The lowest BCUT2D eigenvalue weighted by Crippen LogP contribution is -2.44. The molecule has 3 aromatic rings. The van der Waals surface area contributed by atoms with Gasteiger partial charge in [-0.25, -0.2) is 0 Å². The number of benzene rings is 2. The summed E-state index contributed by atoms with van der Waals surface area (Å²) in [7, 11) is 3.22. The zero-order valence-corrected chi connectivity index (χ0v) is 23.3. The van der Waals surface area contributed by atoms with Crippen molar-refractivity contribution in [3.63, 3.8) is 0 Å². The molecule has 1 aromatic heterocycles. The van der Waals surface area contributed by atoms with Crippen molar-refractivity contribution in [3.8, 4) is 11.5 Å². The molecule has 2 amide bonds. The van der Waals surface area contributed by atoms with E-state index >= 15 is 0 Å². The van der Waals surface area contributed by atoms with Crippen molar-refractivity contribution in [1.29, 1.82) is 0 Å². The summed E-state index contributed by atoms with van der Waals surface area (Å²) >= 11 is 3.11. The molecule has 0 fully saturated rings. The minimum absolute atomic E-state index is 0.0105. The van der Waals surface area contributed by atoms with E-state index in [2.05, 4.69) is 19.6 Å². The Balaban J connectivity index is 1.71. The number of amides is 2. The molecular formula is C29H34N2O4S2. The normalized spacial score (nSPS) is 10.6. The van der Waals surface area contributed by atoms with Gasteiger partial charge < -0.3 is 19.3 Å². The molecule has 0 aliphatic rings. The Hall–Kier alpha value is -3.23. The number of nitrogens with zero attached hydrogens (tertiary/aromatic N) is 2. The van der Waals surface area contributed by atoms with E-state index < -0.39 is 0 Å². The van der Waals surface area contributed by atoms with Gasteiger partial charge in [-0.1, -0.05) is 30.3 Å². The number of methoxy groups -OCH3 is 2. The van der Waals surface area contributed by atoms with Gasteiger partial charge in [0.1, 0.15) is 6.54 Å². The second kappa shape index (κ2) is 14.5. The second-order valence-electron chi connectivity index (χ2n) is 8.45. The average Bonchev–Trinajstić information content (AvgIpc) is 3.33. The van der Waals surface area contributed by atoms with Crippen LogP contribution in [-0.2, 0) is 22.6 Å². The topological polar surface area (TPSA) is 59.1 Å². The Morgan fingerprint density at radius 2 is 1.76 bits per heavy atom. The molecule has 3 rings (SSSR count). The van der Waals surface area contributed by atoms with Crippen LogP contribution in [0.1, 0.15) is 16.0 Å². The number of rotatable bonds is 14. The molecule has 0 N–H and O–H groups in total. The smallest absolute Gasteiger partial charge is 0.242 e. The van der Waals surface area contributed by atoms with E-state index in [9.17, 15) is 9.59 Å². The average molecular weight is 539 g/mol. The fraction of sp³-hybridized carbons (Fsp3) is 0.310. The first-order valence-electron chi connectivity index (χ1n) is 12.0. The zero-order valence-electron chi connectivity index (χ0n) is 21.6. The van der Waals surface area contributed by atoms with Crippen molar-refractivity contribution >= 4 is 34.9 Å². The van der Waals surface area contributed by atoms with Crippen molar-refractivity contribution in [2.45, 2.75) is 24.8 Å². The summed E-state index contributed by atoms with van der Waals surface area (Å²) in [6.07, 6.45) is 2.31. The highest BCUT2D eigenvalue weighted by molar-refractivity contribution is 8.00. The lowest BCUT2D eigenvalue weighted by Gasteiger charge is -2.27. The van der Waals surface area contributed by atoms with Gasteiger partial charge in [0.05, 0.1) is 26.5 Å². The number of thiophene rings is 1. The summed E-state index contributed by atoms with van der Waals surface area (Å²) in [6.45, 7) is 7.19. The summed E-state index contributed by atoms with van der Waals surface area (Å²) in [5, 5.41) is 2.04. The highest BCUT2D eigenvalue weighted by Gasteiger charge is 2.22. The largest absolute Gasteiger partial charge is 0.493 e. The molecule has 0 atom stereocenters. The van der Waals surface area contributed by atoms with E-state index in [1.165, 1.54) is 11.8 Å². The molecule has 0 unspecified atom stereocenters. The molecule has 8 heteroatoms. The molecular weight excluding hydrogens is 504 g/mol. The molecule has 2 aromatic carbocycles. The summed E-state index contributed by atoms with van der Waals surface area (Å²) in [5.74, 6) is 1.41. The van der Waals surface area contributed by atoms with Crippen LogP contribution >= 0.6 is 23.1 Å². The maximum absolute atomic E-state index is 13.5. The van der Waals surface area contributed by atoms with Crippen LogP contribution in [0.2, 0.25) is 0 Å². The van der Waals surface area contributed by atoms with E-state index in [4.69, 9.17) is 9.47 Å². The Kier molecular flexibility index (Phi) is 11.1. The van der Waals surface area contributed by atoms with Crippen molar-refractivity contribution in [1.82, 2.24) is 9.80 Å². The predicted molar refractivity (Wildman–Crippen MR) is 152 cm³/mol. The van der Waals surface area contributed by atoms with Gasteiger partial charge in [-0.3, -0.25) is 9.59 Å². The van der Waals surface area contributed by atoms with Gasteiger partial charge >= 0.3 is 0 Å². The summed E-state index contributed by atoms with van der Waals surface area (Å²) in [5.41, 5.74) is 2.20. The van der Waals surface area contributed by atoms with Gasteiger partial charge in [0.25, 0.3) is 0 Å². The Labute approximate surface area is 227 Å². The van der Waals surface area contributed by atoms with E-state index in [0.29, 0.717) is 37.6 Å². The first-order chi connectivity index (χ1) is 17.9. The lowest BCUT2D eigenvalue weighted by atomic mass is 10.1. The fourth-order valence-electron chi connectivity index (χ4n) is 3.76. The highest BCUT2D eigenvalue weighted by atomic mass is 32.2. The standard InChI is InChI=1S/C29H34N2O4S2/c1-5-15-30(29(33)21-37-24-9-7-6-8-10-24)20-28(32)31(19-27-22(2)14-17-36-27)16-13-23-11-12-25(34-3)26(18-23)35-4/h5-12,14,17-18H,1,13,15-16,19-21H2,2-4H3. The third-order valence-electron chi connectivity index (χ3n) is 5.91. The van der Waals surface area contributed by atoms with Gasteiger partial charge in [0.2, 0.25) is 11.8 Å². The third-order valence-corrected chi connectivity index (χ3v) is 7.91. The fourth-order valence-corrected chi connectivity index (χ4v) is 5.50. The molecule has 0 spiro atoms. The summed E-state index contributed by atoms with van der Waals surface area (Å²) < 4.78 is 10.8. The monoisotopic (exact) mass is 538 g/mol. The molecule has 0 bridgehead atoms. The number of hydrogen-bond acceptors (Lipinski definition) is 6. The number of hydrogen-bond donors (Lipinski definition) is 0. The summed E-state index contributed by atoms with van der Waals surface area (Å²) in [6, 6.07) is 17.6. The van der Waals surface area contributed by atoms with Gasteiger partial charge in [0, 0.05) is 22.9 Å². The minimum atomic E-state index is -0.0896. The number of thioether (sulfide) groups is 1. The van der Waals surface area contributed by atoms with Crippen LogP contribution in [0.5, 0.6) is 11.5 Å². The number of carbonyl (C=O) groups is 2. The Morgan fingerprint density at radius 3 is 2.41 bits per heavy atom. The molecule has 0 radical (unpaired) electrons. The van der Waals surface area contributed by atoms with E-state index in [1.54, 1.807) is 36.5 Å². The predicted octanol–water partition coefficient (Wildman–Crippen LogP) is 5.45. The Bertz CT molecular complexity index is 1180. The van der Waals surface area contributed by atoms with Crippen molar-refractivity contribution in [2.24, 2.45) is 0 Å². The summed E-state index contributed by atoms with van der Waals surface area (Å²) in [4.78, 5) is 32.1. The van der Waals surface area contributed by atoms with Gasteiger partial charge in [-0.15, -0.1) is 29.7 Å². The molecule has 1 heterocycles. The molecule has 0 saturated carbocycles.